The number of urea groups is 1. The molecule has 10 amide bonds. The van der Waals surface area contributed by atoms with E-state index >= 15 is 0 Å². The van der Waals surface area contributed by atoms with Gasteiger partial charge in [0.1, 0.15) is 48.3 Å². The fourth-order valence-electron chi connectivity index (χ4n) is 8.60. The number of imidazole rings is 2. The van der Waals surface area contributed by atoms with Gasteiger partial charge in [0.05, 0.1) is 25.1 Å². The number of nitrogens with zero attached hydrogens (tertiary/aromatic N) is 4. The number of rotatable bonds is 35. The maximum Gasteiger partial charge on any atom is 0.325 e. The predicted molar refractivity (Wildman–Crippen MR) is 290 cm³/mol. The minimum Gasteiger partial charge on any atom is -0.481 e. The van der Waals surface area contributed by atoms with E-state index in [0.29, 0.717) is 11.4 Å². The molecular formula is C50H72N18O15. The second-order valence-electron chi connectivity index (χ2n) is 19.4. The largest absolute Gasteiger partial charge is 0.481 e. The maximum absolute atomic E-state index is 14.7. The van der Waals surface area contributed by atoms with E-state index in [4.69, 9.17) is 22.9 Å². The molecule has 0 unspecified atom stereocenters. The topological polar surface area (TPSA) is 539 Å². The average molecular weight is 1170 g/mol. The number of carboxylic acid groups (broad SMARTS) is 3. The number of nitrogens with one attached hydrogen (secondary N) is 10. The lowest BCUT2D eigenvalue weighted by Gasteiger charge is -2.31. The Hall–Kier alpha value is -9.69. The van der Waals surface area contributed by atoms with E-state index < -0.39 is 145 Å². The molecule has 452 valence electrons. The standard InChI is InChI=1S/C50H72N18O15/c1-26(48(81)82)61-41(74)33(13-14-38(69)70)64-45(78)35(21-39(71)72)66-46(79)37-12-7-17-68(37)47(80)36(20-29-23-56-25-60-29)67-43(76)32(11-6-16-58-50(54)83)63-44(77)34(19-28-22-55-24-59-28)65-42(75)31(10-5-15-57-49(52)53)62-40(73)30(51)18-27-8-3-2-4-9-27/h2-4,8-9,22-26,30-37H,5-7,10-21,51H2,1H3,(H,55,59)(H,56,60)(H,61,74)(H,62,73)(H,63,77)(H,64,78)(H,65,75)(H,66,79)(H,67,76)(H,69,70)(H,71,72)(H,81,82)(H4,52,53,57)(H3,54,58,83)/t26-,30-,31-,32-,33-,34-,35-,36-,37-/m0/s1. The van der Waals surface area contributed by atoms with Gasteiger partial charge in [-0.3, -0.25) is 57.7 Å². The molecule has 1 fully saturated rings. The number of carbonyl (C=O) groups is 12. The van der Waals surface area contributed by atoms with E-state index in [9.17, 15) is 72.9 Å². The first-order valence-corrected chi connectivity index (χ1v) is 26.3. The number of carbonyl (C=O) groups excluding carboxylic acids is 9. The van der Waals surface area contributed by atoms with Gasteiger partial charge >= 0.3 is 23.9 Å². The first-order chi connectivity index (χ1) is 39.4. The molecule has 2 aromatic heterocycles. The summed E-state index contributed by atoms with van der Waals surface area (Å²) in [5.74, 6) is -12.3. The lowest BCUT2D eigenvalue weighted by Crippen LogP contribution is -2.61. The van der Waals surface area contributed by atoms with Gasteiger partial charge in [0.2, 0.25) is 47.3 Å². The molecular weight excluding hydrogens is 1090 g/mol. The molecule has 33 heteroatoms. The Labute approximate surface area is 474 Å². The van der Waals surface area contributed by atoms with Crippen molar-refractivity contribution in [1.82, 2.24) is 67.4 Å². The summed E-state index contributed by atoms with van der Waals surface area (Å²) in [5, 5.41) is 47.9. The number of nitrogens with two attached hydrogens (primary N) is 4. The Morgan fingerprint density at radius 3 is 1.73 bits per heavy atom. The Balaban J connectivity index is 1.61. The number of likely N-dealkylation sites (tertiary alicyclic amines) is 1. The number of guanidine groups is 1. The fourth-order valence-corrected chi connectivity index (χ4v) is 8.60. The zero-order chi connectivity index (χ0) is 61.2. The van der Waals surface area contributed by atoms with Crippen LogP contribution in [0.2, 0.25) is 0 Å². The molecule has 0 saturated carbocycles. The molecule has 0 aliphatic carbocycles. The van der Waals surface area contributed by atoms with E-state index in [0.717, 1.165) is 17.4 Å². The second-order valence-corrected chi connectivity index (χ2v) is 19.4. The van der Waals surface area contributed by atoms with Crippen LogP contribution >= 0.6 is 0 Å². The normalized spacial score (nSPS) is 15.6. The fraction of sp³-hybridized carbons (Fsp3) is 0.500. The summed E-state index contributed by atoms with van der Waals surface area (Å²) in [7, 11) is 0. The molecule has 1 aliphatic heterocycles. The Morgan fingerprint density at radius 1 is 0.651 bits per heavy atom. The third-order valence-electron chi connectivity index (χ3n) is 12.9. The van der Waals surface area contributed by atoms with Crippen LogP contribution < -0.4 is 65.5 Å². The minimum absolute atomic E-state index is 0.0110. The molecule has 9 atom stereocenters. The summed E-state index contributed by atoms with van der Waals surface area (Å²) in [6.07, 6.45) is 2.77. The van der Waals surface area contributed by atoms with Crippen molar-refractivity contribution in [3.8, 4) is 0 Å². The van der Waals surface area contributed by atoms with Crippen LogP contribution in [0.3, 0.4) is 0 Å². The van der Waals surface area contributed by atoms with Crippen molar-refractivity contribution in [1.29, 1.82) is 0 Å². The van der Waals surface area contributed by atoms with Crippen LogP contribution in [0.4, 0.5) is 4.79 Å². The highest BCUT2D eigenvalue weighted by molar-refractivity contribution is 5.99. The summed E-state index contributed by atoms with van der Waals surface area (Å²) in [5.41, 5.74) is 24.0. The summed E-state index contributed by atoms with van der Waals surface area (Å²) < 4.78 is 0. The van der Waals surface area contributed by atoms with E-state index in [1.165, 1.54) is 25.0 Å². The van der Waals surface area contributed by atoms with Crippen molar-refractivity contribution >= 4 is 77.2 Å². The Morgan fingerprint density at radius 2 is 1.18 bits per heavy atom. The summed E-state index contributed by atoms with van der Waals surface area (Å²) in [6, 6.07) is -5.41. The van der Waals surface area contributed by atoms with Gasteiger partial charge in [-0.1, -0.05) is 30.3 Å². The molecule has 1 aromatic carbocycles. The monoisotopic (exact) mass is 1160 g/mol. The van der Waals surface area contributed by atoms with Gasteiger partial charge in [0.15, 0.2) is 5.96 Å². The van der Waals surface area contributed by atoms with Crippen molar-refractivity contribution in [2.75, 3.05) is 19.6 Å². The van der Waals surface area contributed by atoms with Crippen LogP contribution in [-0.4, -0.2) is 191 Å². The number of aromatic amines is 2. The molecule has 1 saturated heterocycles. The van der Waals surface area contributed by atoms with Gasteiger partial charge in [-0.25, -0.2) is 14.8 Å². The van der Waals surface area contributed by atoms with Gasteiger partial charge in [-0.2, -0.15) is 0 Å². The number of benzene rings is 1. The van der Waals surface area contributed by atoms with Gasteiger partial charge in [0.25, 0.3) is 0 Å². The molecule has 21 N–H and O–H groups in total. The van der Waals surface area contributed by atoms with Crippen molar-refractivity contribution in [2.24, 2.45) is 27.9 Å². The van der Waals surface area contributed by atoms with Gasteiger partial charge in [-0.05, 0) is 63.9 Å². The molecule has 0 radical (unpaired) electrons. The van der Waals surface area contributed by atoms with Gasteiger partial charge in [-0.15, -0.1) is 0 Å². The molecule has 1 aliphatic rings. The quantitative estimate of drug-likeness (QED) is 0.0149. The third-order valence-corrected chi connectivity index (χ3v) is 12.9. The highest BCUT2D eigenvalue weighted by atomic mass is 16.4. The zero-order valence-electron chi connectivity index (χ0n) is 45.3. The van der Waals surface area contributed by atoms with Crippen molar-refractivity contribution in [3.05, 3.63) is 72.3 Å². The van der Waals surface area contributed by atoms with Crippen molar-refractivity contribution < 1.29 is 72.9 Å². The highest BCUT2D eigenvalue weighted by Crippen LogP contribution is 2.21. The first-order valence-electron chi connectivity index (χ1n) is 26.3. The predicted octanol–water partition coefficient (Wildman–Crippen LogP) is -5.18. The van der Waals surface area contributed by atoms with Crippen LogP contribution in [0.1, 0.15) is 81.7 Å². The van der Waals surface area contributed by atoms with E-state index in [-0.39, 0.29) is 83.4 Å². The van der Waals surface area contributed by atoms with Gasteiger partial charge < -0.3 is 95.7 Å². The number of aromatic nitrogens is 4. The smallest absolute Gasteiger partial charge is 0.325 e. The average Bonchev–Trinajstić information content (AvgIpc) is 4.41. The van der Waals surface area contributed by atoms with Crippen LogP contribution in [0, 0.1) is 0 Å². The summed E-state index contributed by atoms with van der Waals surface area (Å²) in [6.45, 7) is 0.995. The van der Waals surface area contributed by atoms with Gasteiger partial charge in [0, 0.05) is 62.7 Å². The summed E-state index contributed by atoms with van der Waals surface area (Å²) in [4.78, 5) is 177. The number of aliphatic imine (C=N–C) groups is 1. The van der Waals surface area contributed by atoms with E-state index in [2.05, 4.69) is 67.5 Å². The number of hydrogen-bond acceptors (Lipinski definition) is 16. The van der Waals surface area contributed by atoms with E-state index in [1.807, 2.05) is 0 Å². The maximum atomic E-state index is 14.7. The minimum atomic E-state index is -1.92. The van der Waals surface area contributed by atoms with Crippen molar-refractivity contribution in [2.45, 2.75) is 138 Å². The lowest BCUT2D eigenvalue weighted by atomic mass is 10.0. The summed E-state index contributed by atoms with van der Waals surface area (Å²) >= 11 is 0. The number of primary amides is 1. The number of amides is 10. The zero-order valence-corrected chi connectivity index (χ0v) is 45.3. The van der Waals surface area contributed by atoms with Crippen LogP contribution in [0.5, 0.6) is 0 Å². The number of H-pyrrole nitrogens is 2. The molecule has 0 spiro atoms. The molecule has 3 heterocycles. The second kappa shape index (κ2) is 33.2. The number of hydrogen-bond donors (Lipinski definition) is 17. The molecule has 3 aromatic rings. The molecule has 83 heavy (non-hydrogen) atoms. The van der Waals surface area contributed by atoms with Crippen LogP contribution in [0.25, 0.3) is 0 Å². The first kappa shape index (κ1) is 65.8. The molecule has 33 nitrogen and oxygen atoms in total. The number of carboxylic acids is 3. The third kappa shape index (κ3) is 22.8. The Kier molecular flexibility index (Phi) is 26.3. The molecule has 4 rings (SSSR count). The van der Waals surface area contributed by atoms with Crippen LogP contribution in [0.15, 0.2) is 60.4 Å². The highest BCUT2D eigenvalue weighted by Gasteiger charge is 2.41. The van der Waals surface area contributed by atoms with Crippen LogP contribution in [-0.2, 0) is 72.0 Å². The van der Waals surface area contributed by atoms with E-state index in [1.54, 1.807) is 30.3 Å². The lowest BCUT2D eigenvalue weighted by molar-refractivity contribution is -0.144. The van der Waals surface area contributed by atoms with Crippen molar-refractivity contribution in [3.63, 3.8) is 0 Å². The molecule has 0 bridgehead atoms. The SMILES string of the molecule is C[C@H](NC(=O)[C@H](CCC(=O)O)NC(=O)[C@H](CC(=O)O)NC(=O)[C@@H]1CCCN1C(=O)[C@H](Cc1cnc[nH]1)NC(=O)[C@H](CCCNC(N)=O)NC(=O)[C@H](Cc1cnc[nH]1)NC(=O)[C@H](CCCN=C(N)N)NC(=O)[C@@H](N)Cc1ccccc1)C(=O)O. The number of aliphatic carboxylic acids is 3. The Bertz CT molecular complexity index is 2740.